The largest absolute Gasteiger partial charge is 0.367 e. The van der Waals surface area contributed by atoms with E-state index in [9.17, 15) is 9.59 Å². The predicted molar refractivity (Wildman–Crippen MR) is 106 cm³/mol. The molecule has 0 saturated carbocycles. The summed E-state index contributed by atoms with van der Waals surface area (Å²) in [6, 6.07) is 6.84. The Kier molecular flexibility index (Phi) is 4.32. The number of hydrogen-bond acceptors (Lipinski definition) is 6. The molecule has 0 unspecified atom stereocenters. The molecule has 8 nitrogen and oxygen atoms in total. The van der Waals surface area contributed by atoms with Gasteiger partial charge >= 0.3 is 0 Å². The Morgan fingerprint density at radius 2 is 1.93 bits per heavy atom. The number of carbonyl (C=O) groups is 2. The van der Waals surface area contributed by atoms with Crippen LogP contribution in [0.4, 0.5) is 5.69 Å². The fourth-order valence-corrected chi connectivity index (χ4v) is 4.74. The van der Waals surface area contributed by atoms with Crippen LogP contribution in [0.15, 0.2) is 18.2 Å². The number of nitrogens with zero attached hydrogens (tertiary/aromatic N) is 4. The fraction of sp³-hybridized carbons (Fsp3) is 0.550. The van der Waals surface area contributed by atoms with Gasteiger partial charge in [-0.25, -0.2) is 0 Å². The second-order valence-corrected chi connectivity index (χ2v) is 8.03. The van der Waals surface area contributed by atoms with E-state index in [-0.39, 0.29) is 17.7 Å². The molecule has 1 aromatic carbocycles. The molecule has 2 amide bonds. The number of para-hydroxylation sites is 1. The van der Waals surface area contributed by atoms with Crippen LogP contribution in [0, 0.1) is 0 Å². The molecule has 3 saturated heterocycles. The molecule has 148 valence electrons. The maximum Gasteiger partial charge on any atom is 0.235 e. The molecule has 2 aromatic rings. The summed E-state index contributed by atoms with van der Waals surface area (Å²) in [5.41, 5.74) is 3.03. The van der Waals surface area contributed by atoms with Gasteiger partial charge < -0.3 is 10.2 Å². The van der Waals surface area contributed by atoms with Crippen LogP contribution in [-0.2, 0) is 16.6 Å². The number of benzene rings is 1. The van der Waals surface area contributed by atoms with Gasteiger partial charge in [0.25, 0.3) is 0 Å². The Labute approximate surface area is 163 Å². The van der Waals surface area contributed by atoms with E-state index in [4.69, 9.17) is 5.10 Å². The van der Waals surface area contributed by atoms with Gasteiger partial charge in [0.2, 0.25) is 11.8 Å². The summed E-state index contributed by atoms with van der Waals surface area (Å²) in [7, 11) is 1.94. The van der Waals surface area contributed by atoms with Gasteiger partial charge in [0.15, 0.2) is 0 Å². The van der Waals surface area contributed by atoms with Crippen LogP contribution in [-0.4, -0.2) is 71.8 Å². The first kappa shape index (κ1) is 17.6. The third kappa shape index (κ3) is 2.87. The van der Waals surface area contributed by atoms with E-state index in [0.29, 0.717) is 18.9 Å². The monoisotopic (exact) mass is 382 g/mol. The molecular formula is C20H26N6O2. The van der Waals surface area contributed by atoms with E-state index in [1.54, 1.807) is 0 Å². The van der Waals surface area contributed by atoms with Crippen molar-refractivity contribution in [3.05, 3.63) is 23.9 Å². The van der Waals surface area contributed by atoms with Gasteiger partial charge in [0.05, 0.1) is 22.8 Å². The normalized spacial score (nSPS) is 24.5. The lowest BCUT2D eigenvalue weighted by atomic mass is 9.92. The van der Waals surface area contributed by atoms with Crippen molar-refractivity contribution in [3.63, 3.8) is 0 Å². The Hall–Kier alpha value is -2.45. The quantitative estimate of drug-likeness (QED) is 0.738. The molecule has 8 heteroatoms. The maximum absolute atomic E-state index is 12.4. The number of amides is 2. The molecule has 3 aliphatic rings. The Balaban J connectivity index is 1.42. The number of aryl methyl sites for hydroxylation is 1. The fourth-order valence-electron chi connectivity index (χ4n) is 4.74. The minimum absolute atomic E-state index is 0.193. The highest BCUT2D eigenvalue weighted by Gasteiger charge is 2.35. The van der Waals surface area contributed by atoms with Crippen LogP contribution in [0.25, 0.3) is 10.9 Å². The first-order valence-electron chi connectivity index (χ1n) is 10.1. The molecule has 3 fully saturated rings. The van der Waals surface area contributed by atoms with Crippen LogP contribution < -0.4 is 15.5 Å². The molecule has 2 N–H and O–H groups in total. The number of nitrogens with one attached hydrogen (secondary N) is 2. The van der Waals surface area contributed by atoms with Gasteiger partial charge in [-0.1, -0.05) is 12.1 Å². The summed E-state index contributed by atoms with van der Waals surface area (Å²) in [6.45, 7) is 6.44. The third-order valence-electron chi connectivity index (χ3n) is 6.31. The first-order valence-corrected chi connectivity index (χ1v) is 10.1. The van der Waals surface area contributed by atoms with Gasteiger partial charge in [-0.15, -0.1) is 0 Å². The van der Waals surface area contributed by atoms with Crippen LogP contribution in [0.2, 0.25) is 0 Å². The smallest absolute Gasteiger partial charge is 0.235 e. The predicted octanol–water partition coefficient (Wildman–Crippen LogP) is 0.187. The molecule has 5 rings (SSSR count). The molecule has 0 bridgehead atoms. The number of piperidine rings is 1. The zero-order valence-corrected chi connectivity index (χ0v) is 16.1. The Bertz CT molecular complexity index is 926. The van der Waals surface area contributed by atoms with Crippen molar-refractivity contribution in [2.45, 2.75) is 24.8 Å². The third-order valence-corrected chi connectivity index (χ3v) is 6.31. The summed E-state index contributed by atoms with van der Waals surface area (Å²) < 4.78 is 1.89. The molecule has 28 heavy (non-hydrogen) atoms. The van der Waals surface area contributed by atoms with E-state index in [2.05, 4.69) is 26.5 Å². The van der Waals surface area contributed by atoms with Gasteiger partial charge in [-0.05, 0) is 12.5 Å². The summed E-state index contributed by atoms with van der Waals surface area (Å²) >= 11 is 0. The number of fused-ring (bicyclic) bond motifs is 1. The molecule has 1 aromatic heterocycles. The summed E-state index contributed by atoms with van der Waals surface area (Å²) in [6.07, 6.45) is 0.891. The lowest BCUT2D eigenvalue weighted by Gasteiger charge is -2.48. The lowest BCUT2D eigenvalue weighted by Crippen LogP contribution is -2.63. The molecule has 0 radical (unpaired) electrons. The highest BCUT2D eigenvalue weighted by atomic mass is 16.2. The SMILES string of the molecule is Cn1nc([C@H]2CCC(=O)NC2=O)c2cccc(N3CC(N4CCNCC4)C3)c21. The second kappa shape index (κ2) is 6.86. The number of rotatable bonds is 3. The van der Waals surface area contributed by atoms with E-state index in [0.717, 1.165) is 55.9 Å². The van der Waals surface area contributed by atoms with Crippen molar-refractivity contribution in [2.75, 3.05) is 44.2 Å². The van der Waals surface area contributed by atoms with Crippen molar-refractivity contribution >= 4 is 28.4 Å². The van der Waals surface area contributed by atoms with Crippen LogP contribution in [0.3, 0.4) is 0 Å². The van der Waals surface area contributed by atoms with E-state index in [1.165, 1.54) is 5.69 Å². The van der Waals surface area contributed by atoms with Crippen LogP contribution >= 0.6 is 0 Å². The average Bonchev–Trinajstić information content (AvgIpc) is 2.99. The van der Waals surface area contributed by atoms with Crippen molar-refractivity contribution in [2.24, 2.45) is 7.05 Å². The van der Waals surface area contributed by atoms with E-state index >= 15 is 0 Å². The number of piperazine rings is 1. The van der Waals surface area contributed by atoms with E-state index in [1.807, 2.05) is 23.9 Å². The molecule has 1 atom stereocenters. The standard InChI is InChI=1S/C20H26N6O2/c1-24-19-14(18(23-24)15-5-6-17(27)22-20(15)28)3-2-4-16(19)26-11-13(12-26)25-9-7-21-8-10-25/h2-4,13,15,21H,5-12H2,1H3,(H,22,27,28)/t15-/m1/s1. The maximum atomic E-state index is 12.4. The van der Waals surface area contributed by atoms with Crippen molar-refractivity contribution in [3.8, 4) is 0 Å². The molecule has 0 aliphatic carbocycles. The number of anilines is 1. The van der Waals surface area contributed by atoms with Gasteiger partial charge in [0, 0.05) is 64.2 Å². The van der Waals surface area contributed by atoms with Crippen LogP contribution in [0.1, 0.15) is 24.5 Å². The van der Waals surface area contributed by atoms with Crippen molar-refractivity contribution < 1.29 is 9.59 Å². The van der Waals surface area contributed by atoms with Crippen molar-refractivity contribution in [1.29, 1.82) is 0 Å². The topological polar surface area (TPSA) is 82.5 Å². The summed E-state index contributed by atoms with van der Waals surface area (Å²) in [4.78, 5) is 28.8. The lowest BCUT2D eigenvalue weighted by molar-refractivity contribution is -0.134. The second-order valence-electron chi connectivity index (χ2n) is 8.03. The van der Waals surface area contributed by atoms with Crippen LogP contribution in [0.5, 0.6) is 0 Å². The molecule has 0 spiro atoms. The van der Waals surface area contributed by atoms with Gasteiger partial charge in [-0.2, -0.15) is 5.10 Å². The molecule has 3 aliphatic heterocycles. The van der Waals surface area contributed by atoms with E-state index < -0.39 is 0 Å². The zero-order chi connectivity index (χ0) is 19.3. The number of imide groups is 1. The number of hydrogen-bond donors (Lipinski definition) is 2. The summed E-state index contributed by atoms with van der Waals surface area (Å²) in [5.74, 6) is -0.785. The minimum atomic E-state index is -0.360. The van der Waals surface area contributed by atoms with Gasteiger partial charge in [-0.3, -0.25) is 24.5 Å². The molecular weight excluding hydrogens is 356 g/mol. The first-order chi connectivity index (χ1) is 13.6. The van der Waals surface area contributed by atoms with Crippen molar-refractivity contribution in [1.82, 2.24) is 25.3 Å². The highest BCUT2D eigenvalue weighted by Crippen LogP contribution is 2.36. The molecule has 4 heterocycles. The van der Waals surface area contributed by atoms with Gasteiger partial charge in [0.1, 0.15) is 0 Å². The minimum Gasteiger partial charge on any atom is -0.367 e. The number of carbonyl (C=O) groups excluding carboxylic acids is 2. The Morgan fingerprint density at radius 3 is 2.68 bits per heavy atom. The zero-order valence-electron chi connectivity index (χ0n) is 16.1. The number of aromatic nitrogens is 2. The highest BCUT2D eigenvalue weighted by molar-refractivity contribution is 6.03. The Morgan fingerprint density at radius 1 is 1.14 bits per heavy atom. The summed E-state index contributed by atoms with van der Waals surface area (Å²) in [5, 5.41) is 11.6. The average molecular weight is 382 g/mol.